The first-order valence-electron chi connectivity index (χ1n) is 9.12. The van der Waals surface area contributed by atoms with Gasteiger partial charge in [-0.1, -0.05) is 24.3 Å². The van der Waals surface area contributed by atoms with Crippen LogP contribution in [0.2, 0.25) is 0 Å². The number of rotatable bonds is 7. The number of benzene rings is 2. The first kappa shape index (κ1) is 24.4. The molecule has 0 atom stereocenters. The molecule has 0 spiro atoms. The second-order valence-electron chi connectivity index (χ2n) is 6.51. The molecule has 0 saturated heterocycles. The highest BCUT2D eigenvalue weighted by molar-refractivity contribution is 14.0. The van der Waals surface area contributed by atoms with Crippen molar-refractivity contribution in [2.24, 2.45) is 10.7 Å². The summed E-state index contributed by atoms with van der Waals surface area (Å²) in [6.45, 7) is 3.80. The van der Waals surface area contributed by atoms with Gasteiger partial charge in [0, 0.05) is 38.3 Å². The van der Waals surface area contributed by atoms with E-state index in [4.69, 9.17) is 5.73 Å². The normalized spacial score (nSPS) is 10.7. The van der Waals surface area contributed by atoms with Gasteiger partial charge >= 0.3 is 0 Å². The zero-order chi connectivity index (χ0) is 20.5. The predicted molar refractivity (Wildman–Crippen MR) is 126 cm³/mol. The number of nitrogens with zero attached hydrogens (tertiary/aromatic N) is 2. The molecule has 0 aliphatic carbocycles. The Morgan fingerprint density at radius 3 is 2.00 bits per heavy atom. The third-order valence-electron chi connectivity index (χ3n) is 4.07. The first-order valence-corrected chi connectivity index (χ1v) is 9.12. The number of nitrogens with one attached hydrogen (secondary N) is 2. The molecule has 0 aromatic heterocycles. The van der Waals surface area contributed by atoms with Crippen LogP contribution in [-0.4, -0.2) is 43.3 Å². The average molecular weight is 509 g/mol. The van der Waals surface area contributed by atoms with Crippen molar-refractivity contribution in [2.75, 3.05) is 20.6 Å². The fourth-order valence-electron chi connectivity index (χ4n) is 2.50. The van der Waals surface area contributed by atoms with Crippen LogP contribution in [0, 0.1) is 0 Å². The summed E-state index contributed by atoms with van der Waals surface area (Å²) in [4.78, 5) is 29.2. The molecule has 2 aromatic carbocycles. The minimum Gasteiger partial charge on any atom is -0.366 e. The van der Waals surface area contributed by atoms with Crippen molar-refractivity contribution in [3.8, 4) is 0 Å². The molecule has 2 rings (SSSR count). The summed E-state index contributed by atoms with van der Waals surface area (Å²) in [6, 6.07) is 14.6. The second kappa shape index (κ2) is 12.1. The van der Waals surface area contributed by atoms with E-state index in [0.717, 1.165) is 17.7 Å². The molecule has 0 fully saturated rings. The van der Waals surface area contributed by atoms with Crippen molar-refractivity contribution < 1.29 is 9.59 Å². The maximum absolute atomic E-state index is 11.9. The minimum absolute atomic E-state index is 0. The van der Waals surface area contributed by atoms with Gasteiger partial charge in [0.15, 0.2) is 5.96 Å². The third kappa shape index (κ3) is 7.72. The van der Waals surface area contributed by atoms with Crippen LogP contribution in [0.15, 0.2) is 53.5 Å². The van der Waals surface area contributed by atoms with Crippen molar-refractivity contribution in [3.05, 3.63) is 70.8 Å². The maximum Gasteiger partial charge on any atom is 0.253 e. The Morgan fingerprint density at radius 2 is 1.48 bits per heavy atom. The minimum atomic E-state index is -0.441. The number of guanidine groups is 1. The fourth-order valence-corrected chi connectivity index (χ4v) is 2.50. The molecule has 156 valence electrons. The molecule has 7 nitrogen and oxygen atoms in total. The number of carbonyl (C=O) groups excluding carboxylic acids is 2. The summed E-state index contributed by atoms with van der Waals surface area (Å²) in [7, 11) is 3.47. The van der Waals surface area contributed by atoms with Crippen molar-refractivity contribution in [1.29, 1.82) is 0 Å². The van der Waals surface area contributed by atoms with E-state index in [1.807, 2.05) is 43.3 Å². The number of hydrogen-bond acceptors (Lipinski definition) is 3. The number of halogens is 1. The zero-order valence-electron chi connectivity index (χ0n) is 16.9. The van der Waals surface area contributed by atoms with Crippen LogP contribution in [0.3, 0.4) is 0 Å². The zero-order valence-corrected chi connectivity index (χ0v) is 19.3. The molecular formula is C21H28IN5O2. The molecule has 0 bridgehead atoms. The highest BCUT2D eigenvalue weighted by Crippen LogP contribution is 2.07. The largest absolute Gasteiger partial charge is 0.366 e. The summed E-state index contributed by atoms with van der Waals surface area (Å²) in [5, 5.41) is 6.48. The van der Waals surface area contributed by atoms with E-state index in [1.165, 1.54) is 0 Å². The lowest BCUT2D eigenvalue weighted by Crippen LogP contribution is -2.36. The Morgan fingerprint density at radius 1 is 0.931 bits per heavy atom. The van der Waals surface area contributed by atoms with Gasteiger partial charge in [-0.3, -0.25) is 9.59 Å². The lowest BCUT2D eigenvalue weighted by molar-refractivity contribution is 0.0827. The highest BCUT2D eigenvalue weighted by atomic mass is 127. The summed E-state index contributed by atoms with van der Waals surface area (Å²) in [5.41, 5.74) is 8.42. The molecule has 0 aliphatic rings. The Labute approximate surface area is 188 Å². The van der Waals surface area contributed by atoms with Crippen LogP contribution < -0.4 is 16.4 Å². The first-order chi connectivity index (χ1) is 13.4. The Kier molecular flexibility index (Phi) is 10.1. The van der Waals surface area contributed by atoms with Gasteiger partial charge in [0.2, 0.25) is 5.91 Å². The maximum atomic E-state index is 11.9. The standard InChI is InChI=1S/C21H27N5O2.HI/c1-4-23-21(24-13-15-5-9-17(10-6-15)19(22)27)25-14-16-7-11-18(12-8-16)20(28)26(2)3;/h5-12H,4,13-14H2,1-3H3,(H2,22,27)(H2,23,24,25);1H. The van der Waals surface area contributed by atoms with Crippen molar-refractivity contribution in [3.63, 3.8) is 0 Å². The van der Waals surface area contributed by atoms with E-state index in [1.54, 1.807) is 31.1 Å². The molecule has 0 radical (unpaired) electrons. The van der Waals surface area contributed by atoms with E-state index in [2.05, 4.69) is 15.6 Å². The van der Waals surface area contributed by atoms with E-state index < -0.39 is 5.91 Å². The van der Waals surface area contributed by atoms with Crippen molar-refractivity contribution in [2.45, 2.75) is 20.0 Å². The number of primary amides is 1. The van der Waals surface area contributed by atoms with Gasteiger partial charge in [0.1, 0.15) is 0 Å². The van der Waals surface area contributed by atoms with Crippen LogP contribution in [0.4, 0.5) is 0 Å². The number of amides is 2. The van der Waals surface area contributed by atoms with Crippen LogP contribution in [-0.2, 0) is 13.1 Å². The lowest BCUT2D eigenvalue weighted by Gasteiger charge is -2.13. The number of hydrogen-bond donors (Lipinski definition) is 3. The molecule has 8 heteroatoms. The molecule has 2 aromatic rings. The topological polar surface area (TPSA) is 99.8 Å². The van der Waals surface area contributed by atoms with Gasteiger partial charge in [-0.05, 0) is 42.3 Å². The quantitative estimate of drug-likeness (QED) is 0.303. The lowest BCUT2D eigenvalue weighted by atomic mass is 10.1. The van der Waals surface area contributed by atoms with Crippen LogP contribution in [0.5, 0.6) is 0 Å². The molecule has 0 unspecified atom stereocenters. The molecule has 29 heavy (non-hydrogen) atoms. The highest BCUT2D eigenvalue weighted by Gasteiger charge is 2.07. The molecule has 0 saturated carbocycles. The Balaban J connectivity index is 0.00000420. The van der Waals surface area contributed by atoms with Crippen molar-refractivity contribution in [1.82, 2.24) is 15.5 Å². The van der Waals surface area contributed by atoms with E-state index >= 15 is 0 Å². The van der Waals surface area contributed by atoms with E-state index in [9.17, 15) is 9.59 Å². The Hall–Kier alpha value is -2.62. The van der Waals surface area contributed by atoms with E-state index in [-0.39, 0.29) is 29.9 Å². The Bertz CT molecular complexity index is 833. The van der Waals surface area contributed by atoms with Crippen LogP contribution in [0.25, 0.3) is 0 Å². The molecule has 0 aliphatic heterocycles. The summed E-state index contributed by atoms with van der Waals surface area (Å²) in [6.07, 6.45) is 0. The number of aliphatic imine (C=N–C) groups is 1. The van der Waals surface area contributed by atoms with Gasteiger partial charge in [0.25, 0.3) is 5.91 Å². The SMILES string of the molecule is CCNC(=NCc1ccc(C(N)=O)cc1)NCc1ccc(C(=O)N(C)C)cc1.I. The predicted octanol–water partition coefficient (Wildman–Crippen LogP) is 2.36. The third-order valence-corrected chi connectivity index (χ3v) is 4.07. The smallest absolute Gasteiger partial charge is 0.253 e. The van der Waals surface area contributed by atoms with Crippen LogP contribution in [0.1, 0.15) is 38.8 Å². The molecule has 2 amide bonds. The molecular weight excluding hydrogens is 481 g/mol. The average Bonchev–Trinajstić information content (AvgIpc) is 2.70. The molecule has 0 heterocycles. The second-order valence-corrected chi connectivity index (χ2v) is 6.51. The summed E-state index contributed by atoms with van der Waals surface area (Å²) >= 11 is 0. The van der Waals surface area contributed by atoms with Crippen LogP contribution >= 0.6 is 24.0 Å². The molecule has 4 N–H and O–H groups in total. The summed E-state index contributed by atoms with van der Waals surface area (Å²) in [5.74, 6) is 0.232. The van der Waals surface area contributed by atoms with Gasteiger partial charge in [-0.25, -0.2) is 4.99 Å². The van der Waals surface area contributed by atoms with Gasteiger partial charge in [-0.2, -0.15) is 0 Å². The fraction of sp³-hybridized carbons (Fsp3) is 0.286. The van der Waals surface area contributed by atoms with Gasteiger partial charge < -0.3 is 21.3 Å². The van der Waals surface area contributed by atoms with Gasteiger partial charge in [0.05, 0.1) is 6.54 Å². The number of nitrogens with two attached hydrogens (primary N) is 1. The monoisotopic (exact) mass is 509 g/mol. The van der Waals surface area contributed by atoms with Crippen molar-refractivity contribution >= 4 is 41.8 Å². The number of carbonyl (C=O) groups is 2. The van der Waals surface area contributed by atoms with E-state index in [0.29, 0.717) is 30.2 Å². The summed E-state index contributed by atoms with van der Waals surface area (Å²) < 4.78 is 0. The van der Waals surface area contributed by atoms with Gasteiger partial charge in [-0.15, -0.1) is 24.0 Å².